The smallest absolute Gasteiger partial charge is 0.254 e. The average molecular weight is 276 g/mol. The van der Waals surface area contributed by atoms with E-state index in [0.717, 1.165) is 5.01 Å². The maximum atomic E-state index is 12.3. The summed E-state index contributed by atoms with van der Waals surface area (Å²) in [7, 11) is 0. The lowest BCUT2D eigenvalue weighted by Gasteiger charge is -2.24. The first-order chi connectivity index (χ1) is 9.04. The van der Waals surface area contributed by atoms with Gasteiger partial charge in [-0.1, -0.05) is 12.1 Å². The molecule has 0 unspecified atom stereocenters. The van der Waals surface area contributed by atoms with Crippen LogP contribution in [-0.2, 0) is 5.54 Å². The second-order valence-electron chi connectivity index (χ2n) is 4.61. The fourth-order valence-electron chi connectivity index (χ4n) is 1.74. The Morgan fingerprint density at radius 1 is 1.37 bits per heavy atom. The number of para-hydroxylation sites is 1. The first kappa shape index (κ1) is 13.5. The van der Waals surface area contributed by atoms with Gasteiger partial charge in [-0.25, -0.2) is 4.98 Å². The summed E-state index contributed by atoms with van der Waals surface area (Å²) in [4.78, 5) is 16.5. The van der Waals surface area contributed by atoms with Crippen LogP contribution in [0, 0.1) is 0 Å². The third-order valence-electron chi connectivity index (χ3n) is 2.72. The number of carbonyl (C=O) groups excluding carboxylic acids is 1. The molecule has 1 aromatic heterocycles. The van der Waals surface area contributed by atoms with Gasteiger partial charge in [0.15, 0.2) is 0 Å². The second-order valence-corrected chi connectivity index (χ2v) is 5.50. The van der Waals surface area contributed by atoms with E-state index in [1.807, 2.05) is 25.3 Å². The van der Waals surface area contributed by atoms with Crippen molar-refractivity contribution < 1.29 is 4.79 Å². The number of nitrogen functional groups attached to an aromatic ring is 1. The first-order valence-corrected chi connectivity index (χ1v) is 6.70. The summed E-state index contributed by atoms with van der Waals surface area (Å²) in [6, 6.07) is 7.10. The molecule has 0 saturated carbocycles. The minimum absolute atomic E-state index is 0.186. The number of amides is 1. The Morgan fingerprint density at radius 3 is 2.74 bits per heavy atom. The lowest BCUT2D eigenvalue weighted by Crippen LogP contribution is -2.41. The van der Waals surface area contributed by atoms with Gasteiger partial charge in [0.2, 0.25) is 0 Å². The zero-order valence-electron chi connectivity index (χ0n) is 10.8. The van der Waals surface area contributed by atoms with Crippen molar-refractivity contribution in [2.75, 3.05) is 5.43 Å². The van der Waals surface area contributed by atoms with E-state index < -0.39 is 5.54 Å². The Kier molecular flexibility index (Phi) is 3.82. The van der Waals surface area contributed by atoms with E-state index in [9.17, 15) is 4.79 Å². The topological polar surface area (TPSA) is 80.0 Å². The van der Waals surface area contributed by atoms with Crippen LogP contribution in [0.3, 0.4) is 0 Å². The number of hydrogen-bond acceptors (Lipinski definition) is 5. The Balaban J connectivity index is 2.22. The van der Waals surface area contributed by atoms with E-state index >= 15 is 0 Å². The number of rotatable bonds is 4. The molecular weight excluding hydrogens is 260 g/mol. The van der Waals surface area contributed by atoms with Gasteiger partial charge in [0.25, 0.3) is 5.91 Å². The van der Waals surface area contributed by atoms with Gasteiger partial charge < -0.3 is 10.7 Å². The van der Waals surface area contributed by atoms with Crippen molar-refractivity contribution >= 4 is 22.9 Å². The highest BCUT2D eigenvalue weighted by Gasteiger charge is 2.26. The molecule has 0 atom stereocenters. The van der Waals surface area contributed by atoms with Crippen molar-refractivity contribution in [1.82, 2.24) is 10.3 Å². The van der Waals surface area contributed by atoms with Crippen molar-refractivity contribution in [2.24, 2.45) is 5.84 Å². The number of benzene rings is 1. The molecule has 2 rings (SSSR count). The maximum Gasteiger partial charge on any atom is 0.254 e. The molecule has 5 nitrogen and oxygen atoms in total. The Labute approximate surface area is 115 Å². The van der Waals surface area contributed by atoms with E-state index in [2.05, 4.69) is 15.7 Å². The Morgan fingerprint density at radius 2 is 2.11 bits per heavy atom. The number of nitrogens with two attached hydrogens (primary N) is 1. The molecule has 6 heteroatoms. The highest BCUT2D eigenvalue weighted by atomic mass is 32.1. The molecule has 0 spiro atoms. The highest BCUT2D eigenvalue weighted by Crippen LogP contribution is 2.23. The first-order valence-electron chi connectivity index (χ1n) is 5.83. The predicted octanol–water partition coefficient (Wildman–Crippen LogP) is 2.09. The van der Waals surface area contributed by atoms with Crippen LogP contribution in [0.25, 0.3) is 0 Å². The summed E-state index contributed by atoms with van der Waals surface area (Å²) in [6.45, 7) is 3.84. The summed E-state index contributed by atoms with van der Waals surface area (Å²) in [6.07, 6.45) is 1.73. The number of carbonyl (C=O) groups is 1. The van der Waals surface area contributed by atoms with Crippen LogP contribution in [0.5, 0.6) is 0 Å². The predicted molar refractivity (Wildman–Crippen MR) is 76.9 cm³/mol. The van der Waals surface area contributed by atoms with Crippen LogP contribution in [0.2, 0.25) is 0 Å². The van der Waals surface area contributed by atoms with Gasteiger partial charge in [0.05, 0.1) is 16.8 Å². The summed E-state index contributed by atoms with van der Waals surface area (Å²) in [5, 5.41) is 5.71. The standard InChI is InChI=1S/C13H16N4OS/c1-13(2,12-15-7-8-19-12)16-11(18)9-5-3-4-6-10(9)17-14/h3-8,17H,14H2,1-2H3,(H,16,18). The summed E-state index contributed by atoms with van der Waals surface area (Å²) < 4.78 is 0. The number of thiazole rings is 1. The lowest BCUT2D eigenvalue weighted by molar-refractivity contribution is 0.0912. The van der Waals surface area contributed by atoms with E-state index in [-0.39, 0.29) is 5.91 Å². The molecule has 1 heterocycles. The third-order valence-corrected chi connectivity index (χ3v) is 3.82. The summed E-state index contributed by atoms with van der Waals surface area (Å²) >= 11 is 1.51. The van der Waals surface area contributed by atoms with Gasteiger partial charge in [-0.05, 0) is 26.0 Å². The van der Waals surface area contributed by atoms with Crippen LogP contribution in [0.4, 0.5) is 5.69 Å². The molecule has 0 radical (unpaired) electrons. The third kappa shape index (κ3) is 2.91. The van der Waals surface area contributed by atoms with Crippen LogP contribution >= 0.6 is 11.3 Å². The van der Waals surface area contributed by atoms with E-state index in [1.165, 1.54) is 11.3 Å². The number of nitrogens with one attached hydrogen (secondary N) is 2. The summed E-state index contributed by atoms with van der Waals surface area (Å²) in [5.74, 6) is 5.22. The number of hydrogen-bond donors (Lipinski definition) is 3. The van der Waals surface area contributed by atoms with Crippen molar-refractivity contribution in [1.29, 1.82) is 0 Å². The maximum absolute atomic E-state index is 12.3. The van der Waals surface area contributed by atoms with Gasteiger partial charge in [-0.2, -0.15) is 0 Å². The van der Waals surface area contributed by atoms with E-state index in [0.29, 0.717) is 11.3 Å². The molecule has 0 aliphatic carbocycles. The molecule has 0 saturated heterocycles. The second kappa shape index (κ2) is 5.38. The van der Waals surface area contributed by atoms with Gasteiger partial charge in [-0.15, -0.1) is 11.3 Å². The minimum Gasteiger partial charge on any atom is -0.341 e. The van der Waals surface area contributed by atoms with Gasteiger partial charge in [0, 0.05) is 11.6 Å². The van der Waals surface area contributed by atoms with Crippen LogP contribution in [0.1, 0.15) is 29.2 Å². The summed E-state index contributed by atoms with van der Waals surface area (Å²) in [5.41, 5.74) is 3.10. The molecular formula is C13H16N4OS. The zero-order valence-corrected chi connectivity index (χ0v) is 11.6. The SMILES string of the molecule is CC(C)(NC(=O)c1ccccc1NN)c1nccs1. The van der Waals surface area contributed by atoms with Crippen LogP contribution in [0.15, 0.2) is 35.8 Å². The van der Waals surface area contributed by atoms with Crippen LogP contribution in [-0.4, -0.2) is 10.9 Å². The molecule has 1 amide bonds. The van der Waals surface area contributed by atoms with Gasteiger partial charge >= 0.3 is 0 Å². The fourth-order valence-corrected chi connectivity index (χ4v) is 2.46. The molecule has 0 aliphatic rings. The van der Waals surface area contributed by atoms with Crippen molar-refractivity contribution in [3.05, 3.63) is 46.4 Å². The van der Waals surface area contributed by atoms with Gasteiger partial charge in [-0.3, -0.25) is 10.6 Å². The number of nitrogens with zero attached hydrogens (tertiary/aromatic N) is 1. The van der Waals surface area contributed by atoms with Gasteiger partial charge in [0.1, 0.15) is 5.01 Å². The monoisotopic (exact) mass is 276 g/mol. The lowest BCUT2D eigenvalue weighted by atomic mass is 10.1. The molecule has 19 heavy (non-hydrogen) atoms. The largest absolute Gasteiger partial charge is 0.341 e. The molecule has 1 aromatic carbocycles. The van der Waals surface area contributed by atoms with Crippen molar-refractivity contribution in [2.45, 2.75) is 19.4 Å². The van der Waals surface area contributed by atoms with E-state index in [1.54, 1.807) is 24.4 Å². The Bertz CT molecular complexity index is 566. The van der Waals surface area contributed by atoms with Crippen molar-refractivity contribution in [3.63, 3.8) is 0 Å². The number of aromatic nitrogens is 1. The normalized spacial score (nSPS) is 11.1. The molecule has 0 aliphatic heterocycles. The van der Waals surface area contributed by atoms with Crippen LogP contribution < -0.4 is 16.6 Å². The molecule has 2 aromatic rings. The zero-order chi connectivity index (χ0) is 13.9. The molecule has 100 valence electrons. The molecule has 4 N–H and O–H groups in total. The molecule has 0 fully saturated rings. The average Bonchev–Trinajstić information content (AvgIpc) is 2.93. The minimum atomic E-state index is -0.521. The molecule has 0 bridgehead atoms. The number of hydrazine groups is 1. The Hall–Kier alpha value is -1.92. The van der Waals surface area contributed by atoms with Crippen molar-refractivity contribution in [3.8, 4) is 0 Å². The quantitative estimate of drug-likeness (QED) is 0.590. The highest BCUT2D eigenvalue weighted by molar-refractivity contribution is 7.09. The fraction of sp³-hybridized carbons (Fsp3) is 0.231. The van der Waals surface area contributed by atoms with E-state index in [4.69, 9.17) is 5.84 Å². The number of anilines is 1.